The van der Waals surface area contributed by atoms with E-state index in [0.717, 1.165) is 28.9 Å². The number of rotatable bonds is 4. The topological polar surface area (TPSA) is 49.4 Å². The molecular weight excluding hydrogens is 312 g/mol. The number of carbonyl (C=O) groups is 2. The van der Waals surface area contributed by atoms with E-state index in [9.17, 15) is 9.59 Å². The van der Waals surface area contributed by atoms with Gasteiger partial charge in [-0.25, -0.2) is 0 Å². The maximum atomic E-state index is 12.8. The summed E-state index contributed by atoms with van der Waals surface area (Å²) in [5, 5.41) is 3.32. The number of nitrogens with zero attached hydrogens (tertiary/aromatic N) is 1. The largest absolute Gasteiger partial charge is 0.375 e. The quantitative estimate of drug-likeness (QED) is 0.862. The maximum Gasteiger partial charge on any atom is 0.223 e. The molecule has 1 N–H and O–H groups in total. The van der Waals surface area contributed by atoms with Gasteiger partial charge in [-0.05, 0) is 62.6 Å². The van der Waals surface area contributed by atoms with E-state index in [4.69, 9.17) is 0 Å². The van der Waals surface area contributed by atoms with Crippen molar-refractivity contribution in [2.24, 2.45) is 0 Å². The van der Waals surface area contributed by atoms with E-state index >= 15 is 0 Å². The zero-order chi connectivity index (χ0) is 18.1. The summed E-state index contributed by atoms with van der Waals surface area (Å²) in [6.45, 7) is 8.25. The predicted octanol–water partition coefficient (Wildman–Crippen LogP) is 3.90. The first kappa shape index (κ1) is 17.2. The third kappa shape index (κ3) is 3.43. The van der Waals surface area contributed by atoms with E-state index < -0.39 is 0 Å². The summed E-state index contributed by atoms with van der Waals surface area (Å²) in [5.74, 6) is 0.103. The molecule has 1 aliphatic rings. The lowest BCUT2D eigenvalue weighted by Gasteiger charge is -2.18. The Kier molecular flexibility index (Phi) is 4.62. The Morgan fingerprint density at radius 2 is 1.88 bits per heavy atom. The molecule has 2 aromatic carbocycles. The minimum Gasteiger partial charge on any atom is -0.375 e. The van der Waals surface area contributed by atoms with Crippen LogP contribution in [-0.2, 0) is 11.2 Å². The van der Waals surface area contributed by atoms with Gasteiger partial charge in [-0.15, -0.1) is 0 Å². The van der Waals surface area contributed by atoms with Crippen LogP contribution in [0.4, 0.5) is 11.4 Å². The number of carbonyl (C=O) groups excluding carboxylic acids is 2. The average molecular weight is 336 g/mol. The van der Waals surface area contributed by atoms with Crippen LogP contribution >= 0.6 is 0 Å². The van der Waals surface area contributed by atoms with E-state index in [-0.39, 0.29) is 17.7 Å². The molecule has 2 aromatic rings. The second-order valence-electron chi connectivity index (χ2n) is 6.81. The van der Waals surface area contributed by atoms with Crippen molar-refractivity contribution in [2.45, 2.75) is 40.2 Å². The molecule has 1 heterocycles. The molecule has 4 nitrogen and oxygen atoms in total. The molecule has 0 unspecified atom stereocenters. The highest BCUT2D eigenvalue weighted by atomic mass is 16.2. The fraction of sp³-hybridized carbons (Fsp3) is 0.333. The fourth-order valence-corrected chi connectivity index (χ4v) is 3.41. The van der Waals surface area contributed by atoms with Crippen molar-refractivity contribution in [1.82, 2.24) is 0 Å². The summed E-state index contributed by atoms with van der Waals surface area (Å²) in [6, 6.07) is 11.5. The number of aryl methyl sites for hydroxylation is 2. The SMILES string of the molecule is CC(=O)N1CCc2cc(C(=O)[C@@H](C)Nc3ccc(C)cc3C)ccc21. The van der Waals surface area contributed by atoms with E-state index in [1.54, 1.807) is 11.8 Å². The van der Waals surface area contributed by atoms with Gasteiger partial charge in [-0.2, -0.15) is 0 Å². The molecule has 1 atom stereocenters. The normalized spacial score (nSPS) is 14.2. The smallest absolute Gasteiger partial charge is 0.223 e. The molecule has 4 heteroatoms. The zero-order valence-electron chi connectivity index (χ0n) is 15.2. The van der Waals surface area contributed by atoms with Gasteiger partial charge in [0.25, 0.3) is 0 Å². The van der Waals surface area contributed by atoms with E-state index in [1.807, 2.05) is 44.2 Å². The molecular formula is C21H24N2O2. The minimum atomic E-state index is -0.315. The molecule has 0 aliphatic carbocycles. The standard InChI is InChI=1S/C21H24N2O2/c1-13-5-7-19(14(2)11-13)22-15(3)21(25)18-6-8-20-17(12-18)9-10-23(20)16(4)24/h5-8,11-12,15,22H,9-10H2,1-4H3/t15-/m1/s1. The number of hydrogen-bond donors (Lipinski definition) is 1. The lowest BCUT2D eigenvalue weighted by Crippen LogP contribution is -2.27. The van der Waals surface area contributed by atoms with Gasteiger partial charge in [0, 0.05) is 30.4 Å². The number of fused-ring (bicyclic) bond motifs is 1. The third-order valence-electron chi connectivity index (χ3n) is 4.79. The fourth-order valence-electron chi connectivity index (χ4n) is 3.41. The lowest BCUT2D eigenvalue weighted by molar-refractivity contribution is -0.116. The van der Waals surface area contributed by atoms with Gasteiger partial charge in [0.05, 0.1) is 6.04 Å². The van der Waals surface area contributed by atoms with Crippen LogP contribution in [0.1, 0.15) is 40.9 Å². The number of amides is 1. The molecule has 1 amide bonds. The van der Waals surface area contributed by atoms with E-state index in [1.165, 1.54) is 5.56 Å². The Labute approximate surface area is 148 Å². The van der Waals surface area contributed by atoms with Crippen molar-refractivity contribution in [3.8, 4) is 0 Å². The number of Topliss-reactive ketones (excluding diaryl/α,β-unsaturated/α-hetero) is 1. The highest BCUT2D eigenvalue weighted by Gasteiger charge is 2.24. The van der Waals surface area contributed by atoms with Crippen LogP contribution in [0.15, 0.2) is 36.4 Å². The van der Waals surface area contributed by atoms with Crippen molar-refractivity contribution < 1.29 is 9.59 Å². The van der Waals surface area contributed by atoms with Crippen LogP contribution in [0.2, 0.25) is 0 Å². The Balaban J connectivity index is 1.78. The summed E-state index contributed by atoms with van der Waals surface area (Å²) in [6.07, 6.45) is 0.801. The summed E-state index contributed by atoms with van der Waals surface area (Å²) < 4.78 is 0. The predicted molar refractivity (Wildman–Crippen MR) is 102 cm³/mol. The monoisotopic (exact) mass is 336 g/mol. The molecule has 0 aromatic heterocycles. The van der Waals surface area contributed by atoms with Crippen molar-refractivity contribution in [2.75, 3.05) is 16.8 Å². The van der Waals surface area contributed by atoms with Gasteiger partial charge in [-0.3, -0.25) is 9.59 Å². The van der Waals surface area contributed by atoms with Crippen LogP contribution < -0.4 is 10.2 Å². The second-order valence-corrected chi connectivity index (χ2v) is 6.81. The summed E-state index contributed by atoms with van der Waals surface area (Å²) >= 11 is 0. The number of benzene rings is 2. The first-order valence-corrected chi connectivity index (χ1v) is 8.66. The summed E-state index contributed by atoms with van der Waals surface area (Å²) in [4.78, 5) is 26.2. The molecule has 0 spiro atoms. The van der Waals surface area contributed by atoms with Gasteiger partial charge in [0.1, 0.15) is 0 Å². The number of anilines is 2. The Hall–Kier alpha value is -2.62. The first-order chi connectivity index (χ1) is 11.9. The van der Waals surface area contributed by atoms with Crippen LogP contribution in [0, 0.1) is 13.8 Å². The number of hydrogen-bond acceptors (Lipinski definition) is 3. The van der Waals surface area contributed by atoms with Gasteiger partial charge in [-0.1, -0.05) is 17.7 Å². The Morgan fingerprint density at radius 3 is 2.56 bits per heavy atom. The van der Waals surface area contributed by atoms with Crippen molar-refractivity contribution in [1.29, 1.82) is 0 Å². The van der Waals surface area contributed by atoms with Gasteiger partial charge in [0.2, 0.25) is 5.91 Å². The highest BCUT2D eigenvalue weighted by Crippen LogP contribution is 2.29. The van der Waals surface area contributed by atoms with Crippen LogP contribution in [0.5, 0.6) is 0 Å². The molecule has 1 aliphatic heterocycles. The molecule has 3 rings (SSSR count). The zero-order valence-corrected chi connectivity index (χ0v) is 15.2. The average Bonchev–Trinajstić information content (AvgIpc) is 3.00. The molecule has 25 heavy (non-hydrogen) atoms. The molecule has 0 saturated carbocycles. The Bertz CT molecular complexity index is 842. The number of ketones is 1. The van der Waals surface area contributed by atoms with Crippen molar-refractivity contribution in [3.63, 3.8) is 0 Å². The lowest BCUT2D eigenvalue weighted by atomic mass is 10.0. The minimum absolute atomic E-state index is 0.0442. The van der Waals surface area contributed by atoms with Gasteiger partial charge < -0.3 is 10.2 Å². The van der Waals surface area contributed by atoms with Crippen molar-refractivity contribution in [3.05, 3.63) is 58.7 Å². The Morgan fingerprint density at radius 1 is 1.12 bits per heavy atom. The van der Waals surface area contributed by atoms with E-state index in [2.05, 4.69) is 18.3 Å². The molecule has 130 valence electrons. The number of nitrogens with one attached hydrogen (secondary N) is 1. The molecule has 0 saturated heterocycles. The molecule has 0 radical (unpaired) electrons. The molecule has 0 bridgehead atoms. The maximum absolute atomic E-state index is 12.8. The van der Waals surface area contributed by atoms with Crippen LogP contribution in [-0.4, -0.2) is 24.3 Å². The van der Waals surface area contributed by atoms with Crippen molar-refractivity contribution >= 4 is 23.1 Å². The molecule has 0 fully saturated rings. The van der Waals surface area contributed by atoms with Crippen LogP contribution in [0.3, 0.4) is 0 Å². The second kappa shape index (κ2) is 6.71. The summed E-state index contributed by atoms with van der Waals surface area (Å²) in [7, 11) is 0. The third-order valence-corrected chi connectivity index (χ3v) is 4.79. The summed E-state index contributed by atoms with van der Waals surface area (Å²) in [5.41, 5.74) is 6.00. The van der Waals surface area contributed by atoms with Crippen LogP contribution in [0.25, 0.3) is 0 Å². The van der Waals surface area contributed by atoms with E-state index in [0.29, 0.717) is 12.1 Å². The highest BCUT2D eigenvalue weighted by molar-refractivity contribution is 6.03. The first-order valence-electron chi connectivity index (χ1n) is 8.66. The van der Waals surface area contributed by atoms with Gasteiger partial charge >= 0.3 is 0 Å². The van der Waals surface area contributed by atoms with Gasteiger partial charge in [0.15, 0.2) is 5.78 Å².